The molecule has 0 aromatic heterocycles. The molecule has 1 fully saturated rings. The molecule has 0 aliphatic heterocycles. The highest BCUT2D eigenvalue weighted by atomic mass is 16.5. The highest BCUT2D eigenvalue weighted by Crippen LogP contribution is 2.29. The first-order chi connectivity index (χ1) is 11.8. The van der Waals surface area contributed by atoms with E-state index >= 15 is 0 Å². The first kappa shape index (κ1) is 16.5. The van der Waals surface area contributed by atoms with Crippen LogP contribution in [0, 0.1) is 5.92 Å². The third-order valence-corrected chi connectivity index (χ3v) is 4.22. The third kappa shape index (κ3) is 4.59. The molecule has 4 heteroatoms. The number of ether oxygens (including phenoxy) is 1. The number of nitrogens with one attached hydrogen (secondary N) is 1. The first-order valence-electron chi connectivity index (χ1n) is 8.46. The Kier molecular flexibility index (Phi) is 5.49. The zero-order valence-electron chi connectivity index (χ0n) is 13.7. The normalized spacial score (nSPS) is 14.9. The number of hydrogen-bond donors (Lipinski definition) is 2. The molecule has 4 nitrogen and oxygen atoms in total. The van der Waals surface area contributed by atoms with Crippen LogP contribution >= 0.6 is 0 Å². The second-order valence-corrected chi connectivity index (χ2v) is 6.23. The predicted molar refractivity (Wildman–Crippen MR) is 93.0 cm³/mol. The maximum Gasteiger partial charge on any atom is 0.251 e. The fourth-order valence-electron chi connectivity index (χ4n) is 2.58. The van der Waals surface area contributed by atoms with Crippen LogP contribution in [0.4, 0.5) is 0 Å². The summed E-state index contributed by atoms with van der Waals surface area (Å²) in [7, 11) is 0. The van der Waals surface area contributed by atoms with Crippen molar-refractivity contribution in [2.75, 3.05) is 13.2 Å². The molecule has 126 valence electrons. The highest BCUT2D eigenvalue weighted by Gasteiger charge is 2.22. The lowest BCUT2D eigenvalue weighted by Crippen LogP contribution is -2.29. The van der Waals surface area contributed by atoms with Crippen molar-refractivity contribution < 1.29 is 14.6 Å². The number of hydrogen-bond acceptors (Lipinski definition) is 3. The number of aliphatic hydroxyl groups excluding tert-OH is 1. The summed E-state index contributed by atoms with van der Waals surface area (Å²) in [6.45, 7) is 0.784. The van der Waals surface area contributed by atoms with Crippen molar-refractivity contribution in [3.05, 3.63) is 65.7 Å². The summed E-state index contributed by atoms with van der Waals surface area (Å²) in [6, 6.07) is 16.7. The summed E-state index contributed by atoms with van der Waals surface area (Å²) in [5.74, 6) is 1.36. The van der Waals surface area contributed by atoms with Crippen molar-refractivity contribution in [1.29, 1.82) is 0 Å². The van der Waals surface area contributed by atoms with Crippen LogP contribution in [0.15, 0.2) is 54.6 Å². The molecule has 1 unspecified atom stereocenters. The fraction of sp³-hybridized carbons (Fsp3) is 0.350. The average Bonchev–Trinajstić information content (AvgIpc) is 3.45. The molecule has 2 aromatic carbocycles. The van der Waals surface area contributed by atoms with Crippen LogP contribution in [-0.2, 0) is 0 Å². The number of benzene rings is 2. The van der Waals surface area contributed by atoms with Gasteiger partial charge in [0.15, 0.2) is 0 Å². The van der Waals surface area contributed by atoms with Gasteiger partial charge in [-0.05, 0) is 55.0 Å². The van der Waals surface area contributed by atoms with Gasteiger partial charge in [0, 0.05) is 12.2 Å². The van der Waals surface area contributed by atoms with Crippen molar-refractivity contribution in [3.63, 3.8) is 0 Å². The van der Waals surface area contributed by atoms with Crippen LogP contribution < -0.4 is 10.1 Å². The predicted octanol–water partition coefficient (Wildman–Crippen LogP) is 3.33. The van der Waals surface area contributed by atoms with Gasteiger partial charge in [-0.2, -0.15) is 0 Å². The van der Waals surface area contributed by atoms with Crippen LogP contribution in [0.1, 0.15) is 41.2 Å². The Bertz CT molecular complexity index is 650. The van der Waals surface area contributed by atoms with Gasteiger partial charge < -0.3 is 15.2 Å². The number of aliphatic hydroxyl groups is 1. The lowest BCUT2D eigenvalue weighted by molar-refractivity contribution is 0.0930. The minimum atomic E-state index is -0.200. The Labute approximate surface area is 142 Å². The second-order valence-electron chi connectivity index (χ2n) is 6.23. The maximum absolute atomic E-state index is 12.5. The topological polar surface area (TPSA) is 58.6 Å². The molecule has 0 heterocycles. The summed E-state index contributed by atoms with van der Waals surface area (Å²) in [6.07, 6.45) is 3.00. The number of rotatable bonds is 8. The Morgan fingerprint density at radius 2 is 1.83 bits per heavy atom. The minimum Gasteiger partial charge on any atom is -0.493 e. The van der Waals surface area contributed by atoms with E-state index in [-0.39, 0.29) is 18.6 Å². The maximum atomic E-state index is 12.5. The standard InChI is InChI=1S/C20H23NO3/c22-13-12-19(16-4-2-1-3-5-16)21-20(23)17-8-10-18(11-9-17)24-14-15-6-7-15/h1-5,8-11,15,19,22H,6-7,12-14H2,(H,21,23). The first-order valence-corrected chi connectivity index (χ1v) is 8.46. The SMILES string of the molecule is O=C(NC(CCO)c1ccccc1)c1ccc(OCC2CC2)cc1. The number of carbonyl (C=O) groups is 1. The Morgan fingerprint density at radius 3 is 2.46 bits per heavy atom. The lowest BCUT2D eigenvalue weighted by atomic mass is 10.0. The van der Waals surface area contributed by atoms with Crippen LogP contribution in [0.3, 0.4) is 0 Å². The number of amides is 1. The summed E-state index contributed by atoms with van der Waals surface area (Å²) in [4.78, 5) is 12.5. The zero-order chi connectivity index (χ0) is 16.8. The Morgan fingerprint density at radius 1 is 1.12 bits per heavy atom. The smallest absolute Gasteiger partial charge is 0.251 e. The molecule has 3 rings (SSSR count). The average molecular weight is 325 g/mol. The van der Waals surface area contributed by atoms with Gasteiger partial charge in [-0.1, -0.05) is 30.3 Å². The van der Waals surface area contributed by atoms with Gasteiger partial charge in [0.1, 0.15) is 5.75 Å². The summed E-state index contributed by atoms with van der Waals surface area (Å²) in [5, 5.41) is 12.2. The Hall–Kier alpha value is -2.33. The molecule has 1 saturated carbocycles. The van der Waals surface area contributed by atoms with Gasteiger partial charge in [-0.3, -0.25) is 4.79 Å². The van der Waals surface area contributed by atoms with E-state index in [9.17, 15) is 9.90 Å². The highest BCUT2D eigenvalue weighted by molar-refractivity contribution is 5.94. The molecule has 0 bridgehead atoms. The van der Waals surface area contributed by atoms with E-state index in [1.165, 1.54) is 12.8 Å². The second kappa shape index (κ2) is 7.97. The number of carbonyl (C=O) groups excluding carboxylic acids is 1. The molecule has 2 aromatic rings. The molecule has 0 radical (unpaired) electrons. The molecule has 0 spiro atoms. The van der Waals surface area contributed by atoms with Crippen molar-refractivity contribution in [3.8, 4) is 5.75 Å². The van der Waals surface area contributed by atoms with E-state index < -0.39 is 0 Å². The largest absolute Gasteiger partial charge is 0.493 e. The fourth-order valence-corrected chi connectivity index (χ4v) is 2.58. The summed E-state index contributed by atoms with van der Waals surface area (Å²) < 4.78 is 5.69. The molecule has 1 amide bonds. The molecule has 2 N–H and O–H groups in total. The zero-order valence-corrected chi connectivity index (χ0v) is 13.7. The molecular formula is C20H23NO3. The van der Waals surface area contributed by atoms with Gasteiger partial charge >= 0.3 is 0 Å². The molecule has 1 aliphatic carbocycles. The van der Waals surface area contributed by atoms with Crippen molar-refractivity contribution >= 4 is 5.91 Å². The monoisotopic (exact) mass is 325 g/mol. The van der Waals surface area contributed by atoms with Crippen LogP contribution in [0.2, 0.25) is 0 Å². The van der Waals surface area contributed by atoms with E-state index in [0.717, 1.165) is 17.9 Å². The van der Waals surface area contributed by atoms with Crippen LogP contribution in [0.5, 0.6) is 5.75 Å². The van der Waals surface area contributed by atoms with Gasteiger partial charge in [0.2, 0.25) is 0 Å². The molecular weight excluding hydrogens is 302 g/mol. The Balaban J connectivity index is 1.61. The van der Waals surface area contributed by atoms with Gasteiger partial charge in [0.25, 0.3) is 5.91 Å². The van der Waals surface area contributed by atoms with E-state index in [0.29, 0.717) is 17.9 Å². The molecule has 1 aliphatic rings. The van der Waals surface area contributed by atoms with E-state index in [1.807, 2.05) is 42.5 Å². The van der Waals surface area contributed by atoms with Crippen molar-refractivity contribution in [2.24, 2.45) is 5.92 Å². The van der Waals surface area contributed by atoms with Crippen molar-refractivity contribution in [2.45, 2.75) is 25.3 Å². The minimum absolute atomic E-state index is 0.0216. The van der Waals surface area contributed by atoms with E-state index in [2.05, 4.69) is 5.32 Å². The summed E-state index contributed by atoms with van der Waals surface area (Å²) >= 11 is 0. The molecule has 24 heavy (non-hydrogen) atoms. The third-order valence-electron chi connectivity index (χ3n) is 4.22. The van der Waals surface area contributed by atoms with Gasteiger partial charge in [0.05, 0.1) is 12.6 Å². The van der Waals surface area contributed by atoms with Gasteiger partial charge in [-0.15, -0.1) is 0 Å². The molecule has 0 saturated heterocycles. The van der Waals surface area contributed by atoms with Crippen LogP contribution in [-0.4, -0.2) is 24.2 Å². The summed E-state index contributed by atoms with van der Waals surface area (Å²) in [5.41, 5.74) is 1.58. The molecule has 1 atom stereocenters. The quantitative estimate of drug-likeness (QED) is 0.783. The van der Waals surface area contributed by atoms with Gasteiger partial charge in [-0.25, -0.2) is 0 Å². The van der Waals surface area contributed by atoms with E-state index in [1.54, 1.807) is 12.1 Å². The van der Waals surface area contributed by atoms with Crippen molar-refractivity contribution in [1.82, 2.24) is 5.32 Å². The lowest BCUT2D eigenvalue weighted by Gasteiger charge is -2.18. The van der Waals surface area contributed by atoms with Crippen LogP contribution in [0.25, 0.3) is 0 Å². The van der Waals surface area contributed by atoms with E-state index in [4.69, 9.17) is 4.74 Å².